The molecule has 0 atom stereocenters. The molecule has 0 aromatic carbocycles. The monoisotopic (exact) mass is 425 g/mol. The molecule has 1 saturated heterocycles. The van der Waals surface area contributed by atoms with E-state index in [-0.39, 0.29) is 5.91 Å². The average Bonchev–Trinajstić information content (AvgIpc) is 2.68. The summed E-state index contributed by atoms with van der Waals surface area (Å²) in [7, 11) is 0. The van der Waals surface area contributed by atoms with Crippen molar-refractivity contribution in [1.29, 1.82) is 0 Å². The zero-order valence-electron chi connectivity index (χ0n) is 10.1. The highest BCUT2D eigenvalue weighted by Crippen LogP contribution is 2.32. The van der Waals surface area contributed by atoms with E-state index in [0.29, 0.717) is 24.6 Å². The second kappa shape index (κ2) is 6.62. The SMILES string of the molecule is NC(=S)CN1CCN(C(=O)c2cc(Br)sc2Br)CC1. The summed E-state index contributed by atoms with van der Waals surface area (Å²) in [5.41, 5.74) is 6.25. The van der Waals surface area contributed by atoms with Crippen LogP contribution in [0.2, 0.25) is 0 Å². The zero-order valence-corrected chi connectivity index (χ0v) is 14.9. The van der Waals surface area contributed by atoms with Crippen LogP contribution in [-0.4, -0.2) is 53.4 Å². The number of nitrogens with zero attached hydrogens (tertiary/aromatic N) is 2. The predicted molar refractivity (Wildman–Crippen MR) is 88.8 cm³/mol. The smallest absolute Gasteiger partial charge is 0.255 e. The van der Waals surface area contributed by atoms with E-state index in [4.69, 9.17) is 18.0 Å². The first-order chi connectivity index (χ1) is 8.97. The molecule has 1 aliphatic rings. The number of nitrogens with two attached hydrogens (primary N) is 1. The number of carbonyl (C=O) groups excluding carboxylic acids is 1. The molecule has 0 saturated carbocycles. The van der Waals surface area contributed by atoms with Crippen molar-refractivity contribution in [2.75, 3.05) is 32.7 Å². The number of amides is 1. The molecule has 0 spiro atoms. The lowest BCUT2D eigenvalue weighted by atomic mass is 10.2. The summed E-state index contributed by atoms with van der Waals surface area (Å²) >= 11 is 13.2. The molecule has 0 radical (unpaired) electrons. The summed E-state index contributed by atoms with van der Waals surface area (Å²) < 4.78 is 1.82. The summed E-state index contributed by atoms with van der Waals surface area (Å²) in [6, 6.07) is 1.86. The summed E-state index contributed by atoms with van der Waals surface area (Å²) in [6.07, 6.45) is 0. The molecular formula is C11H13Br2N3OS2. The molecule has 19 heavy (non-hydrogen) atoms. The lowest BCUT2D eigenvalue weighted by Gasteiger charge is -2.34. The van der Waals surface area contributed by atoms with Crippen LogP contribution in [0.5, 0.6) is 0 Å². The first-order valence-electron chi connectivity index (χ1n) is 5.72. The highest BCUT2D eigenvalue weighted by Gasteiger charge is 2.24. The molecule has 2 heterocycles. The van der Waals surface area contributed by atoms with Crippen molar-refractivity contribution in [3.63, 3.8) is 0 Å². The van der Waals surface area contributed by atoms with Crippen molar-refractivity contribution in [2.24, 2.45) is 5.73 Å². The number of carbonyl (C=O) groups is 1. The van der Waals surface area contributed by atoms with E-state index >= 15 is 0 Å². The molecule has 1 fully saturated rings. The molecule has 2 rings (SSSR count). The van der Waals surface area contributed by atoms with Gasteiger partial charge in [-0.3, -0.25) is 9.69 Å². The van der Waals surface area contributed by atoms with Gasteiger partial charge in [0, 0.05) is 32.7 Å². The van der Waals surface area contributed by atoms with Crippen LogP contribution in [0, 0.1) is 0 Å². The minimum absolute atomic E-state index is 0.0730. The standard InChI is InChI=1S/C11H13Br2N3OS2/c12-8-5-7(10(13)19-8)11(17)16-3-1-15(2-4-16)6-9(14)18/h5H,1-4,6H2,(H2,14,18). The van der Waals surface area contributed by atoms with Gasteiger partial charge in [0.05, 0.1) is 18.1 Å². The lowest BCUT2D eigenvalue weighted by Crippen LogP contribution is -2.50. The first-order valence-corrected chi connectivity index (χ1v) is 8.53. The predicted octanol–water partition coefficient (Wildman–Crippen LogP) is 2.32. The topological polar surface area (TPSA) is 49.6 Å². The molecule has 0 bridgehead atoms. The molecule has 0 unspecified atom stereocenters. The number of thiophene rings is 1. The number of thiocarbonyl (C=S) groups is 1. The second-order valence-electron chi connectivity index (χ2n) is 4.27. The van der Waals surface area contributed by atoms with Crippen LogP contribution < -0.4 is 5.73 Å². The fraction of sp³-hybridized carbons (Fsp3) is 0.455. The molecule has 104 valence electrons. The van der Waals surface area contributed by atoms with E-state index < -0.39 is 0 Å². The Morgan fingerprint density at radius 2 is 2.00 bits per heavy atom. The quantitative estimate of drug-likeness (QED) is 0.753. The van der Waals surface area contributed by atoms with Gasteiger partial charge in [-0.15, -0.1) is 11.3 Å². The molecular weight excluding hydrogens is 414 g/mol. The van der Waals surface area contributed by atoms with Crippen molar-refractivity contribution >= 4 is 66.3 Å². The molecule has 1 amide bonds. The third-order valence-corrected chi connectivity index (χ3v) is 5.39. The molecule has 2 N–H and O–H groups in total. The minimum atomic E-state index is 0.0730. The first kappa shape index (κ1) is 15.4. The Labute approximate surface area is 138 Å². The van der Waals surface area contributed by atoms with Gasteiger partial charge in [0.2, 0.25) is 0 Å². The number of halogens is 2. The largest absolute Gasteiger partial charge is 0.392 e. The second-order valence-corrected chi connectivity index (χ2v) is 8.55. The molecule has 8 heteroatoms. The van der Waals surface area contributed by atoms with Gasteiger partial charge < -0.3 is 10.6 Å². The van der Waals surface area contributed by atoms with Crippen molar-refractivity contribution < 1.29 is 4.79 Å². The Balaban J connectivity index is 1.96. The fourth-order valence-electron chi connectivity index (χ4n) is 1.99. The highest BCUT2D eigenvalue weighted by molar-refractivity contribution is 9.12. The van der Waals surface area contributed by atoms with Gasteiger partial charge in [-0.2, -0.15) is 0 Å². The summed E-state index contributed by atoms with van der Waals surface area (Å²) in [5, 5.41) is 0. The summed E-state index contributed by atoms with van der Waals surface area (Å²) in [6.45, 7) is 3.67. The Hall–Kier alpha value is -0.0200. The van der Waals surface area contributed by atoms with Crippen molar-refractivity contribution in [1.82, 2.24) is 9.80 Å². The molecule has 1 aromatic heterocycles. The van der Waals surface area contributed by atoms with E-state index in [9.17, 15) is 4.79 Å². The maximum atomic E-state index is 12.4. The minimum Gasteiger partial charge on any atom is -0.392 e. The summed E-state index contributed by atoms with van der Waals surface area (Å²) in [4.78, 5) is 16.9. The van der Waals surface area contributed by atoms with Gasteiger partial charge in [0.15, 0.2) is 0 Å². The normalized spacial score (nSPS) is 16.6. The van der Waals surface area contributed by atoms with E-state index in [2.05, 4.69) is 36.8 Å². The van der Waals surface area contributed by atoms with Crippen LogP contribution in [0.3, 0.4) is 0 Å². The zero-order chi connectivity index (χ0) is 14.0. The van der Waals surface area contributed by atoms with Crippen LogP contribution >= 0.6 is 55.4 Å². The Morgan fingerprint density at radius 3 is 2.47 bits per heavy atom. The van der Waals surface area contributed by atoms with E-state index in [1.165, 1.54) is 11.3 Å². The third-order valence-electron chi connectivity index (χ3n) is 2.93. The van der Waals surface area contributed by atoms with E-state index in [0.717, 1.165) is 26.2 Å². The van der Waals surface area contributed by atoms with Gasteiger partial charge in [-0.05, 0) is 37.9 Å². The Morgan fingerprint density at radius 1 is 1.37 bits per heavy atom. The van der Waals surface area contributed by atoms with Gasteiger partial charge in [-0.1, -0.05) is 12.2 Å². The maximum absolute atomic E-state index is 12.4. The van der Waals surface area contributed by atoms with Gasteiger partial charge in [0.25, 0.3) is 5.91 Å². The molecule has 1 aromatic rings. The van der Waals surface area contributed by atoms with Crippen LogP contribution in [0.25, 0.3) is 0 Å². The number of rotatable bonds is 3. The molecule has 4 nitrogen and oxygen atoms in total. The van der Waals surface area contributed by atoms with Gasteiger partial charge in [-0.25, -0.2) is 0 Å². The van der Waals surface area contributed by atoms with Gasteiger partial charge >= 0.3 is 0 Å². The third kappa shape index (κ3) is 3.98. The van der Waals surface area contributed by atoms with Crippen molar-refractivity contribution in [2.45, 2.75) is 0 Å². The van der Waals surface area contributed by atoms with Crippen LogP contribution in [-0.2, 0) is 0 Å². The molecule has 1 aliphatic heterocycles. The highest BCUT2D eigenvalue weighted by atomic mass is 79.9. The van der Waals surface area contributed by atoms with Crippen molar-refractivity contribution in [3.8, 4) is 0 Å². The Bertz CT molecular complexity index is 498. The van der Waals surface area contributed by atoms with E-state index in [1.807, 2.05) is 11.0 Å². The average molecular weight is 427 g/mol. The fourth-order valence-corrected chi connectivity index (χ4v) is 4.95. The Kier molecular flexibility index (Phi) is 5.36. The summed E-state index contributed by atoms with van der Waals surface area (Å²) in [5.74, 6) is 0.0730. The van der Waals surface area contributed by atoms with Crippen LogP contribution in [0.15, 0.2) is 13.6 Å². The number of hydrogen-bond acceptors (Lipinski definition) is 4. The van der Waals surface area contributed by atoms with Crippen LogP contribution in [0.1, 0.15) is 10.4 Å². The van der Waals surface area contributed by atoms with Crippen molar-refractivity contribution in [3.05, 3.63) is 19.2 Å². The number of hydrogen-bond donors (Lipinski definition) is 1. The lowest BCUT2D eigenvalue weighted by molar-refractivity contribution is 0.0654. The number of piperazine rings is 1. The van der Waals surface area contributed by atoms with Gasteiger partial charge in [0.1, 0.15) is 0 Å². The van der Waals surface area contributed by atoms with E-state index in [1.54, 1.807) is 0 Å². The maximum Gasteiger partial charge on any atom is 0.255 e. The van der Waals surface area contributed by atoms with Crippen LogP contribution in [0.4, 0.5) is 0 Å². The molecule has 0 aliphatic carbocycles.